The number of carbonyl (C=O) groups excluding carboxylic acids is 1. The van der Waals surface area contributed by atoms with E-state index in [9.17, 15) is 18.0 Å². The minimum Gasteiger partial charge on any atom is -0.342 e. The molecule has 1 aliphatic rings. The molecule has 1 saturated heterocycles. The van der Waals surface area contributed by atoms with Gasteiger partial charge in [-0.05, 0) is 54.3 Å². The summed E-state index contributed by atoms with van der Waals surface area (Å²) in [7, 11) is 0. The SMILES string of the molecule is Cl.Cl.O=C(N[C@@H](c1cccc(-c2cccnc2)c1)[C@@H]1CCCCN1)c1nccc(C(F)(F)F)c1Cl. The molecular weight excluding hydrogens is 524 g/mol. The molecule has 2 N–H and O–H groups in total. The molecule has 1 aromatic carbocycles. The van der Waals surface area contributed by atoms with Crippen LogP contribution in [0, 0.1) is 0 Å². The van der Waals surface area contributed by atoms with Crippen LogP contribution in [-0.4, -0.2) is 28.5 Å². The van der Waals surface area contributed by atoms with Crippen LogP contribution in [0.1, 0.15) is 46.9 Å². The fourth-order valence-corrected chi connectivity index (χ4v) is 4.36. The number of rotatable bonds is 5. The zero-order chi connectivity index (χ0) is 23.4. The largest absolute Gasteiger partial charge is 0.417 e. The van der Waals surface area contributed by atoms with Crippen molar-refractivity contribution in [3.8, 4) is 11.1 Å². The number of nitrogens with one attached hydrogen (secondary N) is 2. The molecule has 1 fully saturated rings. The number of hydrogen-bond acceptors (Lipinski definition) is 4. The molecule has 0 spiro atoms. The summed E-state index contributed by atoms with van der Waals surface area (Å²) in [5, 5.41) is 5.60. The van der Waals surface area contributed by atoms with Gasteiger partial charge < -0.3 is 10.6 Å². The number of pyridine rings is 2. The molecule has 3 heterocycles. The molecule has 1 amide bonds. The quantitative estimate of drug-likeness (QED) is 0.395. The van der Waals surface area contributed by atoms with E-state index in [-0.39, 0.29) is 30.9 Å². The molecule has 2 aromatic heterocycles. The zero-order valence-electron chi connectivity index (χ0n) is 18.4. The first-order valence-electron chi connectivity index (χ1n) is 10.6. The van der Waals surface area contributed by atoms with E-state index in [0.29, 0.717) is 0 Å². The predicted molar refractivity (Wildman–Crippen MR) is 134 cm³/mol. The van der Waals surface area contributed by atoms with Crippen molar-refractivity contribution >= 4 is 42.3 Å². The Morgan fingerprint density at radius 2 is 1.86 bits per heavy atom. The summed E-state index contributed by atoms with van der Waals surface area (Å²) in [6.45, 7) is 0.794. The molecule has 35 heavy (non-hydrogen) atoms. The summed E-state index contributed by atoms with van der Waals surface area (Å²) in [6, 6.07) is 11.6. The molecular formula is C24H24Cl3F3N4O. The normalized spacial score (nSPS) is 16.4. The maximum atomic E-state index is 13.3. The topological polar surface area (TPSA) is 66.9 Å². The first-order chi connectivity index (χ1) is 15.8. The first-order valence-corrected chi connectivity index (χ1v) is 11.0. The predicted octanol–water partition coefficient (Wildman–Crippen LogP) is 6.27. The number of benzene rings is 1. The highest BCUT2D eigenvalue weighted by atomic mass is 35.5. The number of nitrogens with zero attached hydrogens (tertiary/aromatic N) is 2. The van der Waals surface area contributed by atoms with E-state index in [1.54, 1.807) is 12.4 Å². The number of piperidine rings is 1. The second-order valence-corrected chi connectivity index (χ2v) is 8.27. The Morgan fingerprint density at radius 3 is 2.51 bits per heavy atom. The number of amides is 1. The molecule has 0 bridgehead atoms. The molecule has 0 aliphatic carbocycles. The molecule has 1 aliphatic heterocycles. The summed E-state index contributed by atoms with van der Waals surface area (Å²) in [6.07, 6.45) is 2.51. The van der Waals surface area contributed by atoms with Gasteiger partial charge in [-0.1, -0.05) is 42.3 Å². The Bertz CT molecular complexity index is 1130. The highest BCUT2D eigenvalue weighted by molar-refractivity contribution is 6.34. The van der Waals surface area contributed by atoms with E-state index in [1.165, 1.54) is 0 Å². The first kappa shape index (κ1) is 28.8. The molecule has 2 atom stereocenters. The van der Waals surface area contributed by atoms with E-state index in [4.69, 9.17) is 11.6 Å². The van der Waals surface area contributed by atoms with Gasteiger partial charge in [0, 0.05) is 24.6 Å². The van der Waals surface area contributed by atoms with Gasteiger partial charge in [-0.3, -0.25) is 9.78 Å². The highest BCUT2D eigenvalue weighted by Crippen LogP contribution is 2.36. The molecule has 0 unspecified atom stereocenters. The van der Waals surface area contributed by atoms with Crippen molar-refractivity contribution in [2.75, 3.05) is 6.54 Å². The van der Waals surface area contributed by atoms with Crippen molar-refractivity contribution in [2.24, 2.45) is 0 Å². The Labute approximate surface area is 218 Å². The monoisotopic (exact) mass is 546 g/mol. The summed E-state index contributed by atoms with van der Waals surface area (Å²) in [4.78, 5) is 21.1. The Morgan fingerprint density at radius 1 is 1.09 bits per heavy atom. The standard InChI is InChI=1S/C24H22ClF3N4O.2ClH/c25-20-18(24(26,27)28)9-12-31-22(20)23(33)32-21(19-8-1-2-11-30-19)16-6-3-5-15(13-16)17-7-4-10-29-14-17;;/h3-7,9-10,12-14,19,21,30H,1-2,8,11H2,(H,32,33);2*1H/t19-,21-;;/m0../s1. The number of alkyl halides is 3. The fourth-order valence-electron chi connectivity index (χ4n) is 4.06. The average Bonchev–Trinajstić information content (AvgIpc) is 2.83. The smallest absolute Gasteiger partial charge is 0.342 e. The van der Waals surface area contributed by atoms with Gasteiger partial charge in [-0.25, -0.2) is 4.98 Å². The number of hydrogen-bond donors (Lipinski definition) is 2. The molecule has 0 saturated carbocycles. The van der Waals surface area contributed by atoms with E-state index < -0.39 is 34.4 Å². The van der Waals surface area contributed by atoms with Crippen LogP contribution in [0.3, 0.4) is 0 Å². The summed E-state index contributed by atoms with van der Waals surface area (Å²) < 4.78 is 39.8. The minimum absolute atomic E-state index is 0. The zero-order valence-corrected chi connectivity index (χ0v) is 20.8. The van der Waals surface area contributed by atoms with E-state index in [2.05, 4.69) is 20.6 Å². The van der Waals surface area contributed by atoms with Crippen molar-refractivity contribution in [1.29, 1.82) is 0 Å². The van der Waals surface area contributed by atoms with E-state index in [0.717, 1.165) is 54.8 Å². The van der Waals surface area contributed by atoms with Crippen LogP contribution in [0.4, 0.5) is 13.2 Å². The van der Waals surface area contributed by atoms with Gasteiger partial charge in [0.25, 0.3) is 5.91 Å². The van der Waals surface area contributed by atoms with Gasteiger partial charge in [-0.2, -0.15) is 13.2 Å². The van der Waals surface area contributed by atoms with Crippen LogP contribution in [0.25, 0.3) is 11.1 Å². The molecule has 3 aromatic rings. The van der Waals surface area contributed by atoms with Gasteiger partial charge in [0.1, 0.15) is 5.69 Å². The van der Waals surface area contributed by atoms with Crippen LogP contribution in [-0.2, 0) is 6.18 Å². The lowest BCUT2D eigenvalue weighted by atomic mass is 9.91. The second-order valence-electron chi connectivity index (χ2n) is 7.89. The summed E-state index contributed by atoms with van der Waals surface area (Å²) in [5.41, 5.74) is 1.13. The third-order valence-electron chi connectivity index (χ3n) is 5.69. The van der Waals surface area contributed by atoms with Crippen molar-refractivity contribution < 1.29 is 18.0 Å². The lowest BCUT2D eigenvalue weighted by Gasteiger charge is -2.32. The number of carbonyl (C=O) groups is 1. The molecule has 0 radical (unpaired) electrons. The summed E-state index contributed by atoms with van der Waals surface area (Å²) in [5.74, 6) is -0.754. The van der Waals surface area contributed by atoms with Crippen LogP contribution >= 0.6 is 36.4 Å². The van der Waals surface area contributed by atoms with Gasteiger partial charge >= 0.3 is 6.18 Å². The molecule has 188 valence electrons. The maximum absolute atomic E-state index is 13.3. The minimum atomic E-state index is -4.68. The van der Waals surface area contributed by atoms with Crippen LogP contribution in [0.5, 0.6) is 0 Å². The third-order valence-corrected chi connectivity index (χ3v) is 6.07. The Hall–Kier alpha value is -2.39. The van der Waals surface area contributed by atoms with Crippen LogP contribution < -0.4 is 10.6 Å². The lowest BCUT2D eigenvalue weighted by molar-refractivity contribution is -0.137. The summed E-state index contributed by atoms with van der Waals surface area (Å²) >= 11 is 5.94. The Balaban J connectivity index is 0.00000216. The van der Waals surface area contributed by atoms with E-state index >= 15 is 0 Å². The van der Waals surface area contributed by atoms with Crippen molar-refractivity contribution in [2.45, 2.75) is 37.5 Å². The molecule has 4 rings (SSSR count). The number of aromatic nitrogens is 2. The fraction of sp³-hybridized carbons (Fsp3) is 0.292. The van der Waals surface area contributed by atoms with Crippen molar-refractivity contribution in [3.05, 3.63) is 82.9 Å². The maximum Gasteiger partial charge on any atom is 0.417 e. The van der Waals surface area contributed by atoms with Gasteiger partial charge in [-0.15, -0.1) is 24.8 Å². The van der Waals surface area contributed by atoms with Gasteiger partial charge in [0.05, 0.1) is 16.6 Å². The highest BCUT2D eigenvalue weighted by Gasteiger charge is 2.36. The van der Waals surface area contributed by atoms with Gasteiger partial charge in [0.15, 0.2) is 0 Å². The van der Waals surface area contributed by atoms with Crippen LogP contribution in [0.15, 0.2) is 61.1 Å². The molecule has 11 heteroatoms. The van der Waals surface area contributed by atoms with Crippen molar-refractivity contribution in [1.82, 2.24) is 20.6 Å². The second kappa shape index (κ2) is 12.5. The van der Waals surface area contributed by atoms with Crippen LogP contribution in [0.2, 0.25) is 5.02 Å². The lowest BCUT2D eigenvalue weighted by Crippen LogP contribution is -2.46. The average molecular weight is 548 g/mol. The van der Waals surface area contributed by atoms with E-state index in [1.807, 2.05) is 36.4 Å². The molecule has 5 nitrogen and oxygen atoms in total. The number of halogens is 6. The Kier molecular flexibility index (Phi) is 10.3. The van der Waals surface area contributed by atoms with Gasteiger partial charge in [0.2, 0.25) is 0 Å². The van der Waals surface area contributed by atoms with Crippen molar-refractivity contribution in [3.63, 3.8) is 0 Å². The third kappa shape index (κ3) is 6.85.